The lowest BCUT2D eigenvalue weighted by Gasteiger charge is -2.34. The maximum atomic E-state index is 6.68. The first kappa shape index (κ1) is 35.9. The van der Waals surface area contributed by atoms with E-state index in [1.54, 1.807) is 0 Å². The van der Waals surface area contributed by atoms with Gasteiger partial charge in [0.2, 0.25) is 0 Å². The minimum atomic E-state index is 0.831. The first-order valence-electron chi connectivity index (χ1n) is 22.3. The molecule has 12 aromatic carbocycles. The highest BCUT2D eigenvalue weighted by molar-refractivity contribution is 6.26. The molecule has 13 aromatic rings. The number of anilines is 3. The lowest BCUT2D eigenvalue weighted by Crippen LogP contribution is -2.16. The Morgan fingerprint density at radius 1 is 0.277 bits per heavy atom. The average Bonchev–Trinajstić information content (AvgIpc) is 3.71. The van der Waals surface area contributed by atoms with Crippen LogP contribution in [0.25, 0.3) is 104 Å². The topological polar surface area (TPSA) is 17.4 Å². The summed E-state index contributed by atoms with van der Waals surface area (Å²) in [5.41, 5.74) is 11.3. The van der Waals surface area contributed by atoms with Gasteiger partial charge in [0.15, 0.2) is 11.5 Å². The Bertz CT molecular complexity index is 4070. The van der Waals surface area contributed by atoms with E-state index in [1.807, 2.05) is 0 Å². The highest BCUT2D eigenvalue weighted by Crippen LogP contribution is 2.54. The molecule has 0 saturated carbocycles. The molecule has 0 N–H and O–H groups in total. The molecular weight excluding hydrogens is 789 g/mol. The van der Waals surface area contributed by atoms with Gasteiger partial charge in [-0.3, -0.25) is 0 Å². The zero-order valence-electron chi connectivity index (χ0n) is 35.2. The van der Waals surface area contributed by atoms with Gasteiger partial charge in [-0.25, -0.2) is 0 Å². The summed E-state index contributed by atoms with van der Waals surface area (Å²) in [4.78, 5) is 2.36. The third-order valence-electron chi connectivity index (χ3n) is 13.7. The molecule has 0 saturated heterocycles. The number of fused-ring (bicyclic) bond motifs is 14. The number of benzene rings is 12. The van der Waals surface area contributed by atoms with Crippen LogP contribution < -0.4 is 9.64 Å². The van der Waals surface area contributed by atoms with Crippen LogP contribution in [0.1, 0.15) is 0 Å². The molecule has 1 aromatic heterocycles. The van der Waals surface area contributed by atoms with Gasteiger partial charge in [0.1, 0.15) is 0 Å². The van der Waals surface area contributed by atoms with Gasteiger partial charge in [-0.05, 0) is 137 Å². The van der Waals surface area contributed by atoms with Crippen LogP contribution in [-0.4, -0.2) is 4.57 Å². The molecule has 65 heavy (non-hydrogen) atoms. The number of hydrogen-bond acceptors (Lipinski definition) is 2. The van der Waals surface area contributed by atoms with Crippen molar-refractivity contribution in [1.82, 2.24) is 4.57 Å². The second-order valence-electron chi connectivity index (χ2n) is 17.3. The van der Waals surface area contributed by atoms with Gasteiger partial charge < -0.3 is 14.2 Å². The number of aromatic nitrogens is 1. The van der Waals surface area contributed by atoms with Gasteiger partial charge >= 0.3 is 0 Å². The van der Waals surface area contributed by atoms with Gasteiger partial charge in [0, 0.05) is 27.5 Å². The summed E-state index contributed by atoms with van der Waals surface area (Å²) in [5.74, 6) is 1.68. The molecular formula is C62H38N2O. The largest absolute Gasteiger partial charge is 0.453 e. The summed E-state index contributed by atoms with van der Waals surface area (Å²) in [7, 11) is 0. The van der Waals surface area contributed by atoms with Crippen molar-refractivity contribution in [3.63, 3.8) is 0 Å². The average molecular weight is 827 g/mol. The Labute approximate surface area is 375 Å². The molecule has 0 aliphatic carbocycles. The molecule has 1 aliphatic heterocycles. The third-order valence-corrected chi connectivity index (χ3v) is 13.7. The Morgan fingerprint density at radius 3 is 1.60 bits per heavy atom. The van der Waals surface area contributed by atoms with E-state index in [4.69, 9.17) is 4.74 Å². The summed E-state index contributed by atoms with van der Waals surface area (Å²) in [5, 5.41) is 15.0. The van der Waals surface area contributed by atoms with Crippen molar-refractivity contribution < 1.29 is 4.74 Å². The normalized spacial score (nSPS) is 12.4. The van der Waals surface area contributed by atoms with Gasteiger partial charge in [-0.1, -0.05) is 164 Å². The van der Waals surface area contributed by atoms with E-state index in [0.717, 1.165) is 50.8 Å². The van der Waals surface area contributed by atoms with Crippen LogP contribution in [0, 0.1) is 0 Å². The van der Waals surface area contributed by atoms with Crippen LogP contribution in [0.3, 0.4) is 0 Å². The Kier molecular flexibility index (Phi) is 7.69. The van der Waals surface area contributed by atoms with Gasteiger partial charge in [0.05, 0.1) is 22.4 Å². The summed E-state index contributed by atoms with van der Waals surface area (Å²) >= 11 is 0. The van der Waals surface area contributed by atoms with Crippen molar-refractivity contribution in [2.75, 3.05) is 4.90 Å². The number of nitrogens with zero attached hydrogens (tertiary/aromatic N) is 2. The van der Waals surface area contributed by atoms with Crippen LogP contribution >= 0.6 is 0 Å². The maximum absolute atomic E-state index is 6.68. The first-order chi connectivity index (χ1) is 32.2. The van der Waals surface area contributed by atoms with E-state index < -0.39 is 0 Å². The first-order valence-corrected chi connectivity index (χ1v) is 22.3. The SMILES string of the molecule is c1ccc(N2c3cc(-c4ccc5c6ccccc6n(-c6ccc7cc(-c8ccc9c%10ccccc%10c%10ccccc%10c9c8)ccc7c6)c5c4)ccc3Oc3ccc4ccccc4c32)cc1. The molecule has 0 fully saturated rings. The fourth-order valence-corrected chi connectivity index (χ4v) is 10.7. The van der Waals surface area contributed by atoms with Crippen LogP contribution in [0.15, 0.2) is 231 Å². The number of para-hydroxylation sites is 2. The number of ether oxygens (including phenoxy) is 1. The zero-order valence-corrected chi connectivity index (χ0v) is 35.2. The standard InChI is InChI=1S/C62H38N2O/c1-2-13-46(14-3-1)64-59-38-45(28-32-60(59)65-61-33-27-39-12-4-5-15-48(39)62(61)64)44-26-31-55-54-20-10-11-21-57(54)63(58(55)37-44)47-29-24-41-34-40(22-23-42(41)35-47)43-25-30-53-51-18-7-6-16-49(51)50-17-8-9-19-52(50)56(53)36-43/h1-38H. The Morgan fingerprint density at radius 2 is 0.800 bits per heavy atom. The molecule has 3 heteroatoms. The smallest absolute Gasteiger partial charge is 0.152 e. The van der Waals surface area contributed by atoms with Crippen LogP contribution in [0.5, 0.6) is 11.5 Å². The van der Waals surface area contributed by atoms with Crippen molar-refractivity contribution in [3.8, 4) is 39.4 Å². The van der Waals surface area contributed by atoms with Crippen LogP contribution in [0.4, 0.5) is 17.1 Å². The molecule has 0 amide bonds. The monoisotopic (exact) mass is 826 g/mol. The van der Waals surface area contributed by atoms with E-state index in [2.05, 4.69) is 240 Å². The minimum absolute atomic E-state index is 0.831. The fraction of sp³-hybridized carbons (Fsp3) is 0. The number of hydrogen-bond donors (Lipinski definition) is 0. The van der Waals surface area contributed by atoms with Crippen molar-refractivity contribution in [1.29, 1.82) is 0 Å². The molecule has 3 nitrogen and oxygen atoms in total. The van der Waals surface area contributed by atoms with E-state index in [-0.39, 0.29) is 0 Å². The molecule has 0 atom stereocenters. The molecule has 0 unspecified atom stereocenters. The van der Waals surface area contributed by atoms with Gasteiger partial charge in [-0.15, -0.1) is 0 Å². The minimum Gasteiger partial charge on any atom is -0.453 e. The molecule has 0 radical (unpaired) electrons. The molecule has 0 spiro atoms. The third kappa shape index (κ3) is 5.49. The molecule has 1 aliphatic rings. The highest BCUT2D eigenvalue weighted by atomic mass is 16.5. The summed E-state index contributed by atoms with van der Waals surface area (Å²) in [6.45, 7) is 0. The molecule has 14 rings (SSSR count). The molecule has 302 valence electrons. The van der Waals surface area contributed by atoms with Gasteiger partial charge in [0.25, 0.3) is 0 Å². The van der Waals surface area contributed by atoms with Crippen molar-refractivity contribution in [2.45, 2.75) is 0 Å². The number of rotatable bonds is 4. The quantitative estimate of drug-likeness (QED) is 0.164. The Balaban J connectivity index is 0.882. The predicted molar refractivity (Wildman–Crippen MR) is 274 cm³/mol. The predicted octanol–water partition coefficient (Wildman–Crippen LogP) is 17.5. The maximum Gasteiger partial charge on any atom is 0.152 e. The second kappa shape index (κ2) is 13.9. The van der Waals surface area contributed by atoms with E-state index in [9.17, 15) is 0 Å². The second-order valence-corrected chi connectivity index (χ2v) is 17.3. The van der Waals surface area contributed by atoms with E-state index >= 15 is 0 Å². The molecule has 2 heterocycles. The lowest BCUT2D eigenvalue weighted by molar-refractivity contribution is 0.478. The van der Waals surface area contributed by atoms with E-state index in [0.29, 0.717) is 0 Å². The Hall–Kier alpha value is -8.66. The fourth-order valence-electron chi connectivity index (χ4n) is 10.7. The molecule has 0 bridgehead atoms. The van der Waals surface area contributed by atoms with Crippen molar-refractivity contribution >= 4 is 92.7 Å². The van der Waals surface area contributed by atoms with Crippen molar-refractivity contribution in [2.24, 2.45) is 0 Å². The summed E-state index contributed by atoms with van der Waals surface area (Å²) in [6.07, 6.45) is 0. The van der Waals surface area contributed by atoms with Crippen LogP contribution in [-0.2, 0) is 0 Å². The zero-order chi connectivity index (χ0) is 42.6. The van der Waals surface area contributed by atoms with Crippen LogP contribution in [0.2, 0.25) is 0 Å². The lowest BCUT2D eigenvalue weighted by atomic mass is 9.91. The van der Waals surface area contributed by atoms with Gasteiger partial charge in [-0.2, -0.15) is 0 Å². The summed E-state index contributed by atoms with van der Waals surface area (Å²) < 4.78 is 9.11. The van der Waals surface area contributed by atoms with Crippen molar-refractivity contribution in [3.05, 3.63) is 231 Å². The highest BCUT2D eigenvalue weighted by Gasteiger charge is 2.28. The summed E-state index contributed by atoms with van der Waals surface area (Å²) in [6, 6.07) is 84.1. The van der Waals surface area contributed by atoms with E-state index in [1.165, 1.54) is 81.4 Å².